The molecule has 0 saturated carbocycles. The predicted molar refractivity (Wildman–Crippen MR) is 94.8 cm³/mol. The number of carbonyl (C=O) groups excluding carboxylic acids is 1. The summed E-state index contributed by atoms with van der Waals surface area (Å²) in [7, 11) is -3.62. The number of anilines is 1. The van der Waals surface area contributed by atoms with Crippen LogP contribution in [0.25, 0.3) is 0 Å². The Balaban J connectivity index is 2.14. The van der Waals surface area contributed by atoms with E-state index in [1.807, 2.05) is 19.1 Å². The van der Waals surface area contributed by atoms with Crippen LogP contribution in [-0.2, 0) is 20.5 Å². The lowest BCUT2D eigenvalue weighted by Gasteiger charge is -2.11. The summed E-state index contributed by atoms with van der Waals surface area (Å²) in [6, 6.07) is 11.5. The van der Waals surface area contributed by atoms with Crippen molar-refractivity contribution in [3.8, 4) is 0 Å². The number of carbonyl (C=O) groups is 1. The minimum Gasteiger partial charge on any atom is -0.462 e. The Labute approximate surface area is 146 Å². The molecule has 0 radical (unpaired) electrons. The van der Waals surface area contributed by atoms with Gasteiger partial charge in [-0.05, 0) is 37.6 Å². The van der Waals surface area contributed by atoms with Crippen LogP contribution in [0.3, 0.4) is 0 Å². The van der Waals surface area contributed by atoms with Crippen LogP contribution in [0.1, 0.15) is 28.4 Å². The van der Waals surface area contributed by atoms with E-state index in [-0.39, 0.29) is 28.6 Å². The maximum atomic E-state index is 12.3. The second-order valence-corrected chi connectivity index (χ2v) is 7.39. The second kappa shape index (κ2) is 7.68. The van der Waals surface area contributed by atoms with E-state index in [1.165, 1.54) is 18.2 Å². The molecule has 2 rings (SSSR count). The van der Waals surface area contributed by atoms with E-state index < -0.39 is 16.0 Å². The smallest absolute Gasteiger partial charge is 0.338 e. The monoisotopic (exact) mass is 367 g/mol. The summed E-state index contributed by atoms with van der Waals surface area (Å²) < 4.78 is 31.8. The molecule has 2 aromatic rings. The van der Waals surface area contributed by atoms with Crippen molar-refractivity contribution < 1.29 is 17.9 Å². The molecule has 7 heteroatoms. The largest absolute Gasteiger partial charge is 0.462 e. The lowest BCUT2D eigenvalue weighted by Crippen LogP contribution is -2.15. The Kier molecular flexibility index (Phi) is 5.85. The fourth-order valence-electron chi connectivity index (χ4n) is 2.05. The SMILES string of the molecule is CCOC(=O)c1ccc(NS(=O)(=O)Cc2ccc(C)cc2)c(Cl)c1. The number of aryl methyl sites for hydroxylation is 1. The Morgan fingerprint density at radius 1 is 1.17 bits per heavy atom. The summed E-state index contributed by atoms with van der Waals surface area (Å²) in [5.41, 5.74) is 2.22. The number of benzene rings is 2. The van der Waals surface area contributed by atoms with Gasteiger partial charge in [-0.15, -0.1) is 0 Å². The molecule has 5 nitrogen and oxygen atoms in total. The van der Waals surface area contributed by atoms with Crippen molar-refractivity contribution in [3.05, 3.63) is 64.2 Å². The fraction of sp³-hybridized carbons (Fsp3) is 0.235. The van der Waals surface area contributed by atoms with Crippen molar-refractivity contribution in [1.82, 2.24) is 0 Å². The zero-order valence-electron chi connectivity index (χ0n) is 13.4. The Morgan fingerprint density at radius 3 is 2.42 bits per heavy atom. The van der Waals surface area contributed by atoms with Gasteiger partial charge in [0.15, 0.2) is 0 Å². The van der Waals surface area contributed by atoms with Crippen molar-refractivity contribution in [3.63, 3.8) is 0 Å². The molecule has 0 spiro atoms. The van der Waals surface area contributed by atoms with E-state index in [9.17, 15) is 13.2 Å². The van der Waals surface area contributed by atoms with Crippen molar-refractivity contribution in [2.24, 2.45) is 0 Å². The molecule has 128 valence electrons. The number of rotatable bonds is 6. The number of nitrogens with one attached hydrogen (secondary N) is 1. The van der Waals surface area contributed by atoms with E-state index >= 15 is 0 Å². The number of ether oxygens (including phenoxy) is 1. The maximum Gasteiger partial charge on any atom is 0.338 e. The third-order valence-corrected chi connectivity index (χ3v) is 4.78. The molecule has 0 bridgehead atoms. The van der Waals surface area contributed by atoms with Gasteiger partial charge in [-0.1, -0.05) is 41.4 Å². The first kappa shape index (κ1) is 18.3. The van der Waals surface area contributed by atoms with Gasteiger partial charge in [-0.25, -0.2) is 13.2 Å². The fourth-order valence-corrected chi connectivity index (χ4v) is 3.55. The summed E-state index contributed by atoms with van der Waals surface area (Å²) in [6.45, 7) is 3.88. The van der Waals surface area contributed by atoms with Crippen LogP contribution >= 0.6 is 11.6 Å². The lowest BCUT2D eigenvalue weighted by atomic mass is 10.2. The van der Waals surface area contributed by atoms with Crippen molar-refractivity contribution in [2.75, 3.05) is 11.3 Å². The molecule has 24 heavy (non-hydrogen) atoms. The average Bonchev–Trinajstić information content (AvgIpc) is 2.51. The Morgan fingerprint density at radius 2 is 1.83 bits per heavy atom. The Hall–Kier alpha value is -2.05. The number of halogens is 1. The second-order valence-electron chi connectivity index (χ2n) is 5.26. The first-order valence-electron chi connectivity index (χ1n) is 7.33. The molecule has 2 aromatic carbocycles. The van der Waals surface area contributed by atoms with E-state index in [0.717, 1.165) is 5.56 Å². The standard InChI is InChI=1S/C17H18ClNO4S/c1-3-23-17(20)14-8-9-16(15(18)10-14)19-24(21,22)11-13-6-4-12(2)5-7-13/h4-10,19H,3,11H2,1-2H3. The Bertz CT molecular complexity index is 832. The number of sulfonamides is 1. The van der Waals surface area contributed by atoms with Crippen LogP contribution in [-0.4, -0.2) is 21.0 Å². The van der Waals surface area contributed by atoms with Gasteiger partial charge in [0.25, 0.3) is 0 Å². The molecule has 0 fully saturated rings. The van der Waals surface area contributed by atoms with Crippen molar-refractivity contribution >= 4 is 33.3 Å². The van der Waals surface area contributed by atoms with Crippen LogP contribution in [0.5, 0.6) is 0 Å². The van der Waals surface area contributed by atoms with Gasteiger partial charge < -0.3 is 4.74 Å². The highest BCUT2D eigenvalue weighted by Gasteiger charge is 2.15. The summed E-state index contributed by atoms with van der Waals surface area (Å²) in [5.74, 6) is -0.670. The molecule has 0 saturated heterocycles. The molecular weight excluding hydrogens is 350 g/mol. The van der Waals surface area contributed by atoms with E-state index in [4.69, 9.17) is 16.3 Å². The van der Waals surface area contributed by atoms with Gasteiger partial charge in [0.2, 0.25) is 10.0 Å². The number of esters is 1. The molecule has 0 aliphatic heterocycles. The zero-order valence-corrected chi connectivity index (χ0v) is 14.9. The van der Waals surface area contributed by atoms with Crippen LogP contribution in [0, 0.1) is 6.92 Å². The zero-order chi connectivity index (χ0) is 17.7. The van der Waals surface area contributed by atoms with Crippen molar-refractivity contribution in [2.45, 2.75) is 19.6 Å². The van der Waals surface area contributed by atoms with E-state index in [0.29, 0.717) is 5.56 Å². The number of hydrogen-bond donors (Lipinski definition) is 1. The predicted octanol–water partition coefficient (Wildman–Crippen LogP) is 3.77. The van der Waals surface area contributed by atoms with E-state index in [1.54, 1.807) is 19.1 Å². The first-order valence-corrected chi connectivity index (χ1v) is 9.36. The summed E-state index contributed by atoms with van der Waals surface area (Å²) >= 11 is 6.07. The minimum absolute atomic E-state index is 0.132. The molecule has 1 N–H and O–H groups in total. The van der Waals surface area contributed by atoms with Crippen LogP contribution in [0.15, 0.2) is 42.5 Å². The van der Waals surface area contributed by atoms with Gasteiger partial charge in [0.05, 0.1) is 28.6 Å². The van der Waals surface area contributed by atoms with Gasteiger partial charge in [0, 0.05) is 0 Å². The maximum absolute atomic E-state index is 12.3. The summed E-state index contributed by atoms with van der Waals surface area (Å²) in [5, 5.41) is 0.132. The number of hydrogen-bond acceptors (Lipinski definition) is 4. The summed E-state index contributed by atoms with van der Waals surface area (Å²) in [4.78, 5) is 11.6. The van der Waals surface area contributed by atoms with Crippen molar-refractivity contribution in [1.29, 1.82) is 0 Å². The normalized spacial score (nSPS) is 11.1. The topological polar surface area (TPSA) is 72.5 Å². The molecule has 0 aliphatic rings. The lowest BCUT2D eigenvalue weighted by molar-refractivity contribution is 0.0526. The van der Waals surface area contributed by atoms with Crippen LogP contribution < -0.4 is 4.72 Å². The summed E-state index contributed by atoms with van der Waals surface area (Å²) in [6.07, 6.45) is 0. The molecule has 0 aromatic heterocycles. The molecule has 0 atom stereocenters. The quantitative estimate of drug-likeness (QED) is 0.789. The molecule has 0 heterocycles. The van der Waals surface area contributed by atoms with Crippen LogP contribution in [0.2, 0.25) is 5.02 Å². The van der Waals surface area contributed by atoms with E-state index in [2.05, 4.69) is 4.72 Å². The highest BCUT2D eigenvalue weighted by atomic mass is 35.5. The first-order chi connectivity index (χ1) is 11.3. The third-order valence-electron chi connectivity index (χ3n) is 3.22. The third kappa shape index (κ3) is 4.97. The molecular formula is C17H18ClNO4S. The average molecular weight is 368 g/mol. The highest BCUT2D eigenvalue weighted by molar-refractivity contribution is 7.91. The van der Waals surface area contributed by atoms with Crippen LogP contribution in [0.4, 0.5) is 5.69 Å². The van der Waals surface area contributed by atoms with Gasteiger partial charge >= 0.3 is 5.97 Å². The molecule has 0 amide bonds. The molecule has 0 unspecified atom stereocenters. The van der Waals surface area contributed by atoms with Gasteiger partial charge in [0.1, 0.15) is 0 Å². The minimum atomic E-state index is -3.62. The molecule has 0 aliphatic carbocycles. The highest BCUT2D eigenvalue weighted by Crippen LogP contribution is 2.25. The van der Waals surface area contributed by atoms with Gasteiger partial charge in [-0.3, -0.25) is 4.72 Å². The van der Waals surface area contributed by atoms with Gasteiger partial charge in [-0.2, -0.15) is 0 Å².